The van der Waals surface area contributed by atoms with Crippen molar-refractivity contribution in [1.82, 2.24) is 9.21 Å². The summed E-state index contributed by atoms with van der Waals surface area (Å²) in [4.78, 5) is 15.2. The summed E-state index contributed by atoms with van der Waals surface area (Å²) in [5, 5.41) is 1.94. The summed E-state index contributed by atoms with van der Waals surface area (Å²) in [6.07, 6.45) is 0. The van der Waals surface area contributed by atoms with E-state index < -0.39 is 10.0 Å². The molecule has 140 valence electrons. The van der Waals surface area contributed by atoms with Gasteiger partial charge in [0.05, 0.1) is 31.1 Å². The minimum atomic E-state index is -3.51. The predicted molar refractivity (Wildman–Crippen MR) is 102 cm³/mol. The van der Waals surface area contributed by atoms with E-state index >= 15 is 0 Å². The van der Waals surface area contributed by atoms with E-state index in [1.165, 1.54) is 4.31 Å². The maximum absolute atomic E-state index is 13.0. The Morgan fingerprint density at radius 2 is 1.69 bits per heavy atom. The monoisotopic (exact) mass is 376 g/mol. The van der Waals surface area contributed by atoms with E-state index in [1.807, 2.05) is 37.3 Å². The van der Waals surface area contributed by atoms with Crippen LogP contribution in [0.4, 0.5) is 0 Å². The number of sulfonamides is 1. The highest BCUT2D eigenvalue weighted by atomic mass is 32.2. The van der Waals surface area contributed by atoms with Crippen molar-refractivity contribution in [1.29, 1.82) is 0 Å². The molecule has 6 nitrogen and oxygen atoms in total. The Morgan fingerprint density at radius 3 is 2.31 bits per heavy atom. The van der Waals surface area contributed by atoms with Crippen molar-refractivity contribution in [3.63, 3.8) is 0 Å². The second kappa shape index (κ2) is 7.34. The Balaban J connectivity index is 1.74. The van der Waals surface area contributed by atoms with Gasteiger partial charge in [0.2, 0.25) is 10.0 Å². The molecule has 2 aromatic carbocycles. The van der Waals surface area contributed by atoms with Crippen LogP contribution in [0.15, 0.2) is 47.4 Å². The second-order valence-electron chi connectivity index (χ2n) is 7.03. The van der Waals surface area contributed by atoms with Gasteiger partial charge in [-0.05, 0) is 29.8 Å². The van der Waals surface area contributed by atoms with E-state index in [1.54, 1.807) is 31.1 Å². The lowest BCUT2D eigenvalue weighted by Gasteiger charge is -2.34. The first kappa shape index (κ1) is 18.8. The Labute approximate surface area is 155 Å². The molecule has 26 heavy (non-hydrogen) atoms. The van der Waals surface area contributed by atoms with Crippen molar-refractivity contribution < 1.29 is 18.1 Å². The summed E-state index contributed by atoms with van der Waals surface area (Å²) in [5.41, 5.74) is 0. The molecule has 0 saturated carbocycles. The number of quaternary nitrogens is 1. The zero-order valence-electron chi connectivity index (χ0n) is 15.5. The molecule has 3 rings (SSSR count). The van der Waals surface area contributed by atoms with Crippen molar-refractivity contribution in [2.45, 2.75) is 17.9 Å². The Hall–Kier alpha value is -1.96. The minimum Gasteiger partial charge on any atom is -0.344 e. The number of carbonyl (C=O) groups excluding carboxylic acids is 1. The Morgan fingerprint density at radius 1 is 1.08 bits per heavy atom. The van der Waals surface area contributed by atoms with Gasteiger partial charge in [0.1, 0.15) is 0 Å². The summed E-state index contributed by atoms with van der Waals surface area (Å²) in [6.45, 7) is 4.03. The predicted octanol–water partition coefficient (Wildman–Crippen LogP) is 0.206. The summed E-state index contributed by atoms with van der Waals surface area (Å²) in [6, 6.07) is 12.8. The molecule has 2 aromatic rings. The van der Waals surface area contributed by atoms with Crippen LogP contribution in [0.25, 0.3) is 10.8 Å². The molecule has 0 bridgehead atoms. The molecule has 1 aliphatic rings. The average Bonchev–Trinajstić information content (AvgIpc) is 2.66. The zero-order valence-corrected chi connectivity index (χ0v) is 16.3. The summed E-state index contributed by atoms with van der Waals surface area (Å²) >= 11 is 0. The van der Waals surface area contributed by atoms with Crippen molar-refractivity contribution in [2.24, 2.45) is 0 Å². The number of piperazine rings is 1. The normalized spacial score (nSPS) is 18.0. The number of carbonyl (C=O) groups is 1. The molecule has 1 aliphatic heterocycles. The largest absolute Gasteiger partial charge is 0.344 e. The fraction of sp³-hybridized carbons (Fsp3) is 0.421. The lowest BCUT2D eigenvalue weighted by molar-refractivity contribution is -0.917. The van der Waals surface area contributed by atoms with Gasteiger partial charge < -0.3 is 9.80 Å². The topological polar surface area (TPSA) is 62.1 Å². The molecule has 1 fully saturated rings. The number of nitrogens with zero attached hydrogens (tertiary/aromatic N) is 2. The highest BCUT2D eigenvalue weighted by Crippen LogP contribution is 2.21. The third kappa shape index (κ3) is 3.60. The van der Waals surface area contributed by atoms with Gasteiger partial charge in [0.25, 0.3) is 5.91 Å². The third-order valence-corrected chi connectivity index (χ3v) is 7.04. The molecule has 0 radical (unpaired) electrons. The van der Waals surface area contributed by atoms with Gasteiger partial charge in [-0.1, -0.05) is 30.3 Å². The van der Waals surface area contributed by atoms with Gasteiger partial charge in [-0.2, -0.15) is 4.31 Å². The summed E-state index contributed by atoms with van der Waals surface area (Å²) in [5.74, 6) is 0.0748. The number of nitrogens with one attached hydrogen (secondary N) is 1. The van der Waals surface area contributed by atoms with Crippen LogP contribution in [0.5, 0.6) is 0 Å². The van der Waals surface area contributed by atoms with E-state index in [-0.39, 0.29) is 11.9 Å². The number of hydrogen-bond acceptors (Lipinski definition) is 3. The first-order valence-electron chi connectivity index (χ1n) is 8.85. The maximum atomic E-state index is 13.0. The standard InChI is InChI=1S/C19H25N3O3S/c1-15(19(23)20(2)3)21-10-12-22(13-11-21)26(24,25)18-9-8-16-6-4-5-7-17(16)14-18/h4-9,14-15H,10-13H2,1-3H3/p+1/t15-/m0/s1. The smallest absolute Gasteiger partial charge is 0.280 e. The fourth-order valence-corrected chi connectivity index (χ4v) is 4.96. The van der Waals surface area contributed by atoms with Crippen LogP contribution >= 0.6 is 0 Å². The van der Waals surface area contributed by atoms with E-state index in [0.29, 0.717) is 31.1 Å². The summed E-state index contributed by atoms with van der Waals surface area (Å²) < 4.78 is 27.5. The van der Waals surface area contributed by atoms with Crippen molar-refractivity contribution in [2.75, 3.05) is 40.3 Å². The number of hydrogen-bond donors (Lipinski definition) is 1. The van der Waals surface area contributed by atoms with Crippen molar-refractivity contribution in [3.8, 4) is 0 Å². The number of rotatable bonds is 4. The molecule has 0 aromatic heterocycles. The number of likely N-dealkylation sites (N-methyl/N-ethyl adjacent to an activating group) is 1. The van der Waals surface area contributed by atoms with Crippen LogP contribution < -0.4 is 4.90 Å². The van der Waals surface area contributed by atoms with Crippen LogP contribution in [-0.4, -0.2) is 69.8 Å². The molecular weight excluding hydrogens is 350 g/mol. The van der Waals surface area contributed by atoms with Crippen LogP contribution in [-0.2, 0) is 14.8 Å². The molecule has 1 amide bonds. The second-order valence-corrected chi connectivity index (χ2v) is 8.96. The maximum Gasteiger partial charge on any atom is 0.280 e. The molecule has 7 heteroatoms. The third-order valence-electron chi connectivity index (χ3n) is 5.15. The van der Waals surface area contributed by atoms with Crippen LogP contribution in [0.3, 0.4) is 0 Å². The SMILES string of the molecule is C[C@@H](C(=O)N(C)C)[NH+]1CCN(S(=O)(=O)c2ccc3ccccc3c2)CC1. The molecule has 1 N–H and O–H groups in total. The number of amides is 1. The van der Waals surface area contributed by atoms with E-state index in [9.17, 15) is 13.2 Å². The fourth-order valence-electron chi connectivity index (χ4n) is 3.49. The van der Waals surface area contributed by atoms with E-state index in [2.05, 4.69) is 0 Å². The molecule has 0 aliphatic carbocycles. The molecule has 1 atom stereocenters. The quantitative estimate of drug-likeness (QED) is 0.830. The van der Waals surface area contributed by atoms with Crippen LogP contribution in [0, 0.1) is 0 Å². The minimum absolute atomic E-state index is 0.0748. The average molecular weight is 377 g/mol. The highest BCUT2D eigenvalue weighted by Gasteiger charge is 2.34. The van der Waals surface area contributed by atoms with Crippen molar-refractivity contribution in [3.05, 3.63) is 42.5 Å². The molecule has 1 heterocycles. The Bertz CT molecular complexity index is 903. The van der Waals surface area contributed by atoms with Gasteiger partial charge in [0.15, 0.2) is 6.04 Å². The summed E-state index contributed by atoms with van der Waals surface area (Å²) in [7, 11) is -0.0171. The van der Waals surface area contributed by atoms with Gasteiger partial charge in [-0.15, -0.1) is 0 Å². The van der Waals surface area contributed by atoms with Gasteiger partial charge in [0, 0.05) is 14.1 Å². The van der Waals surface area contributed by atoms with Crippen LogP contribution in [0.1, 0.15) is 6.92 Å². The van der Waals surface area contributed by atoms with E-state index in [0.717, 1.165) is 15.7 Å². The first-order chi connectivity index (χ1) is 12.3. The van der Waals surface area contributed by atoms with Gasteiger partial charge in [-0.25, -0.2) is 8.42 Å². The van der Waals surface area contributed by atoms with Gasteiger partial charge >= 0.3 is 0 Å². The lowest BCUT2D eigenvalue weighted by Crippen LogP contribution is -3.19. The van der Waals surface area contributed by atoms with E-state index in [4.69, 9.17) is 0 Å². The van der Waals surface area contributed by atoms with Crippen molar-refractivity contribution >= 4 is 26.7 Å². The molecule has 0 spiro atoms. The highest BCUT2D eigenvalue weighted by molar-refractivity contribution is 7.89. The number of fused-ring (bicyclic) bond motifs is 1. The molecule has 1 saturated heterocycles. The van der Waals surface area contributed by atoms with Crippen LogP contribution in [0.2, 0.25) is 0 Å². The zero-order chi connectivity index (χ0) is 18.9. The molecular formula is C19H26N3O3S+. The number of benzene rings is 2. The molecule has 0 unspecified atom stereocenters. The Kier molecular flexibility index (Phi) is 5.32. The van der Waals surface area contributed by atoms with Gasteiger partial charge in [-0.3, -0.25) is 4.79 Å². The first-order valence-corrected chi connectivity index (χ1v) is 10.3. The lowest BCUT2D eigenvalue weighted by atomic mass is 10.1.